The third-order valence-electron chi connectivity index (χ3n) is 1.98. The molecule has 0 saturated carbocycles. The Hall–Kier alpha value is -1.57. The van der Waals surface area contributed by atoms with Crippen molar-refractivity contribution in [3.05, 3.63) is 51.7 Å². The van der Waals surface area contributed by atoms with Crippen LogP contribution in [0.25, 0.3) is 0 Å². The maximum Gasteiger partial charge on any atom is 0.257 e. The number of amides is 1. The molecule has 0 aliphatic carbocycles. The molecule has 0 saturated heterocycles. The molecule has 0 atom stereocenters. The van der Waals surface area contributed by atoms with Crippen LogP contribution in [0.15, 0.2) is 36.8 Å². The van der Waals surface area contributed by atoms with Crippen LogP contribution >= 0.6 is 22.6 Å². The number of aromatic nitrogens is 2. The Morgan fingerprint density at radius 1 is 1.35 bits per heavy atom. The number of halogens is 2. The van der Waals surface area contributed by atoms with Gasteiger partial charge in [-0.3, -0.25) is 9.78 Å². The van der Waals surface area contributed by atoms with Gasteiger partial charge >= 0.3 is 0 Å². The molecule has 86 valence electrons. The predicted molar refractivity (Wildman–Crippen MR) is 69.1 cm³/mol. The van der Waals surface area contributed by atoms with Gasteiger partial charge in [0.2, 0.25) is 0 Å². The second-order valence-electron chi connectivity index (χ2n) is 3.17. The van der Waals surface area contributed by atoms with Crippen LogP contribution in [0.1, 0.15) is 10.4 Å². The largest absolute Gasteiger partial charge is 0.305 e. The number of carbonyl (C=O) groups is 1. The normalized spacial score (nSPS) is 10.0. The minimum Gasteiger partial charge on any atom is -0.305 e. The number of hydrogen-bond acceptors (Lipinski definition) is 3. The average molecular weight is 343 g/mol. The monoisotopic (exact) mass is 343 g/mol. The van der Waals surface area contributed by atoms with Crippen LogP contribution in [0.2, 0.25) is 0 Å². The second kappa shape index (κ2) is 5.17. The maximum absolute atomic E-state index is 12.9. The number of nitrogens with one attached hydrogen (secondary N) is 1. The van der Waals surface area contributed by atoms with Gasteiger partial charge in [-0.2, -0.15) is 0 Å². The van der Waals surface area contributed by atoms with Crippen molar-refractivity contribution in [2.24, 2.45) is 0 Å². The third kappa shape index (κ3) is 2.96. The van der Waals surface area contributed by atoms with Crippen LogP contribution < -0.4 is 5.32 Å². The van der Waals surface area contributed by atoms with Crippen molar-refractivity contribution >= 4 is 34.3 Å². The lowest BCUT2D eigenvalue weighted by Gasteiger charge is -2.05. The Balaban J connectivity index is 2.21. The summed E-state index contributed by atoms with van der Waals surface area (Å²) in [6.45, 7) is 0. The summed E-state index contributed by atoms with van der Waals surface area (Å²) in [5.41, 5.74) is 0.401. The van der Waals surface area contributed by atoms with Crippen molar-refractivity contribution in [1.29, 1.82) is 0 Å². The zero-order chi connectivity index (χ0) is 12.3. The van der Waals surface area contributed by atoms with Gasteiger partial charge in [-0.15, -0.1) is 0 Å². The first-order chi connectivity index (χ1) is 8.16. The van der Waals surface area contributed by atoms with E-state index in [9.17, 15) is 9.18 Å². The van der Waals surface area contributed by atoms with E-state index in [0.29, 0.717) is 15.0 Å². The highest BCUT2D eigenvalue weighted by molar-refractivity contribution is 14.1. The van der Waals surface area contributed by atoms with Crippen LogP contribution in [0, 0.1) is 9.39 Å². The summed E-state index contributed by atoms with van der Waals surface area (Å²) < 4.78 is 13.4. The number of nitrogens with zero attached hydrogens (tertiary/aromatic N) is 2. The van der Waals surface area contributed by atoms with E-state index in [2.05, 4.69) is 15.3 Å². The molecule has 1 aromatic carbocycles. The van der Waals surface area contributed by atoms with E-state index in [1.54, 1.807) is 0 Å². The molecule has 1 aromatic heterocycles. The van der Waals surface area contributed by atoms with Crippen molar-refractivity contribution in [3.63, 3.8) is 0 Å². The number of hydrogen-bond donors (Lipinski definition) is 1. The molecule has 1 N–H and O–H groups in total. The second-order valence-corrected chi connectivity index (χ2v) is 4.33. The van der Waals surface area contributed by atoms with Gasteiger partial charge in [-0.1, -0.05) is 0 Å². The van der Waals surface area contributed by atoms with Crippen LogP contribution in [0.3, 0.4) is 0 Å². The maximum atomic E-state index is 12.9. The highest BCUT2D eigenvalue weighted by Gasteiger charge is 2.11. The molecule has 0 bridgehead atoms. The van der Waals surface area contributed by atoms with Gasteiger partial charge in [-0.25, -0.2) is 9.37 Å². The molecule has 0 aliphatic rings. The van der Waals surface area contributed by atoms with E-state index in [0.717, 1.165) is 0 Å². The summed E-state index contributed by atoms with van der Waals surface area (Å²) in [6, 6.07) is 3.97. The number of benzene rings is 1. The third-order valence-corrected chi connectivity index (χ3v) is 2.87. The molecule has 0 unspecified atom stereocenters. The van der Waals surface area contributed by atoms with Crippen LogP contribution in [-0.2, 0) is 0 Å². The van der Waals surface area contributed by atoms with E-state index in [1.807, 2.05) is 22.6 Å². The van der Waals surface area contributed by atoms with Crippen LogP contribution in [0.5, 0.6) is 0 Å². The van der Waals surface area contributed by atoms with Crippen LogP contribution in [0.4, 0.5) is 10.2 Å². The summed E-state index contributed by atoms with van der Waals surface area (Å²) in [4.78, 5) is 19.6. The molecule has 1 amide bonds. The molecule has 6 heteroatoms. The first kappa shape index (κ1) is 11.9. The fourth-order valence-electron chi connectivity index (χ4n) is 1.22. The lowest BCUT2D eigenvalue weighted by atomic mass is 10.2. The van der Waals surface area contributed by atoms with Gasteiger partial charge in [0.05, 0.1) is 11.8 Å². The van der Waals surface area contributed by atoms with Crippen molar-refractivity contribution < 1.29 is 9.18 Å². The Kier molecular flexibility index (Phi) is 3.62. The molecule has 17 heavy (non-hydrogen) atoms. The average Bonchev–Trinajstić information content (AvgIpc) is 2.30. The topological polar surface area (TPSA) is 54.9 Å². The molecule has 0 fully saturated rings. The first-order valence-electron chi connectivity index (χ1n) is 4.69. The van der Waals surface area contributed by atoms with Gasteiger partial charge in [0.1, 0.15) is 5.82 Å². The summed E-state index contributed by atoms with van der Waals surface area (Å²) in [6.07, 6.45) is 4.43. The summed E-state index contributed by atoms with van der Waals surface area (Å²) in [7, 11) is 0. The Morgan fingerprint density at radius 3 is 2.82 bits per heavy atom. The fourth-order valence-corrected chi connectivity index (χ4v) is 1.94. The van der Waals surface area contributed by atoms with Gasteiger partial charge in [0.15, 0.2) is 5.82 Å². The van der Waals surface area contributed by atoms with Gasteiger partial charge in [0, 0.05) is 16.0 Å². The van der Waals surface area contributed by atoms with Gasteiger partial charge in [-0.05, 0) is 40.8 Å². The molecule has 0 radical (unpaired) electrons. The molecule has 2 rings (SSSR count). The zero-order valence-corrected chi connectivity index (χ0v) is 10.7. The van der Waals surface area contributed by atoms with Gasteiger partial charge < -0.3 is 5.32 Å². The molecular formula is C11H7FIN3O. The highest BCUT2D eigenvalue weighted by Crippen LogP contribution is 2.15. The Morgan fingerprint density at radius 2 is 2.18 bits per heavy atom. The molecule has 1 heterocycles. The molecule has 0 spiro atoms. The number of carbonyl (C=O) groups excluding carboxylic acids is 1. The summed E-state index contributed by atoms with van der Waals surface area (Å²) in [5.74, 6) is -0.349. The lowest BCUT2D eigenvalue weighted by Crippen LogP contribution is -2.14. The minimum absolute atomic E-state index is 0.338. The van der Waals surface area contributed by atoms with Crippen molar-refractivity contribution in [2.45, 2.75) is 0 Å². The molecule has 2 aromatic rings. The lowest BCUT2D eigenvalue weighted by molar-refractivity contribution is 0.102. The zero-order valence-electron chi connectivity index (χ0n) is 8.52. The quantitative estimate of drug-likeness (QED) is 0.853. The van der Waals surface area contributed by atoms with E-state index in [-0.39, 0.29) is 11.7 Å². The molecular weight excluding hydrogens is 336 g/mol. The Bertz CT molecular complexity index is 548. The van der Waals surface area contributed by atoms with Crippen molar-refractivity contribution in [1.82, 2.24) is 9.97 Å². The number of anilines is 1. The SMILES string of the molecule is O=C(Nc1cnccn1)c1ccc(F)cc1I. The first-order valence-corrected chi connectivity index (χ1v) is 5.77. The minimum atomic E-state index is -0.370. The van der Waals surface area contributed by atoms with Crippen molar-refractivity contribution in [2.75, 3.05) is 5.32 Å². The molecule has 0 aliphatic heterocycles. The predicted octanol–water partition coefficient (Wildman–Crippen LogP) is 2.47. The number of rotatable bonds is 2. The van der Waals surface area contributed by atoms with Crippen LogP contribution in [-0.4, -0.2) is 15.9 Å². The van der Waals surface area contributed by atoms with E-state index >= 15 is 0 Å². The van der Waals surface area contributed by atoms with E-state index < -0.39 is 0 Å². The Labute approximate surface area is 110 Å². The van der Waals surface area contributed by atoms with Crippen molar-refractivity contribution in [3.8, 4) is 0 Å². The summed E-state index contributed by atoms with van der Waals surface area (Å²) in [5, 5.41) is 2.58. The smallest absolute Gasteiger partial charge is 0.257 e. The van der Waals surface area contributed by atoms with E-state index in [4.69, 9.17) is 0 Å². The highest BCUT2D eigenvalue weighted by atomic mass is 127. The van der Waals surface area contributed by atoms with E-state index in [1.165, 1.54) is 36.8 Å². The molecule has 4 nitrogen and oxygen atoms in total. The van der Waals surface area contributed by atoms with Gasteiger partial charge in [0.25, 0.3) is 5.91 Å². The fraction of sp³-hybridized carbons (Fsp3) is 0. The standard InChI is InChI=1S/C11H7FIN3O/c12-7-1-2-8(9(13)5-7)11(17)16-10-6-14-3-4-15-10/h1-6H,(H,15,16,17). The summed E-state index contributed by atoms with van der Waals surface area (Å²) >= 11 is 1.91.